The van der Waals surface area contributed by atoms with Gasteiger partial charge in [0.2, 0.25) is 0 Å². The van der Waals surface area contributed by atoms with Gasteiger partial charge in [-0.25, -0.2) is 0 Å². The van der Waals surface area contributed by atoms with Crippen LogP contribution in [0.2, 0.25) is 0 Å². The monoisotopic (exact) mass is 245 g/mol. The zero-order valence-corrected chi connectivity index (χ0v) is 11.3. The van der Waals surface area contributed by atoms with E-state index in [1.165, 1.54) is 37.8 Å². The molecule has 0 unspecified atom stereocenters. The average molecular weight is 245 g/mol. The number of anilines is 1. The Bertz CT molecular complexity index is 365. The first-order valence-corrected chi connectivity index (χ1v) is 6.86. The van der Waals surface area contributed by atoms with E-state index in [1.807, 2.05) is 18.2 Å². The van der Waals surface area contributed by atoms with Gasteiger partial charge in [-0.1, -0.05) is 25.3 Å². The first-order chi connectivity index (χ1) is 8.85. The van der Waals surface area contributed by atoms with E-state index in [-0.39, 0.29) is 0 Å². The van der Waals surface area contributed by atoms with Crippen LogP contribution in [0, 0.1) is 0 Å². The van der Waals surface area contributed by atoms with Crippen LogP contribution in [0.5, 0.6) is 5.75 Å². The number of ether oxygens (including phenoxy) is 1. The molecule has 1 aliphatic carbocycles. The van der Waals surface area contributed by atoms with Gasteiger partial charge >= 0.3 is 0 Å². The third-order valence-corrected chi connectivity index (χ3v) is 3.75. The summed E-state index contributed by atoms with van der Waals surface area (Å²) in [7, 11) is 1.71. The summed E-state index contributed by atoms with van der Waals surface area (Å²) in [6, 6.07) is 9.04. The molecule has 2 nitrogen and oxygen atoms in total. The lowest BCUT2D eigenvalue weighted by molar-refractivity contribution is 0.413. The number of hydrogen-bond donors (Lipinski definition) is 0. The van der Waals surface area contributed by atoms with Crippen LogP contribution < -0.4 is 9.64 Å². The molecule has 98 valence electrons. The van der Waals surface area contributed by atoms with E-state index in [0.717, 1.165) is 12.3 Å². The number of hydrogen-bond acceptors (Lipinski definition) is 2. The van der Waals surface area contributed by atoms with Crippen LogP contribution in [0.3, 0.4) is 0 Å². The summed E-state index contributed by atoms with van der Waals surface area (Å²) in [6.45, 7) is 4.82. The van der Waals surface area contributed by atoms with Gasteiger partial charge in [0.1, 0.15) is 5.75 Å². The molecule has 0 N–H and O–H groups in total. The molecule has 1 saturated carbocycles. The van der Waals surface area contributed by atoms with Crippen molar-refractivity contribution in [3.8, 4) is 5.75 Å². The molecule has 1 aliphatic rings. The Morgan fingerprint density at radius 3 is 2.44 bits per heavy atom. The van der Waals surface area contributed by atoms with Gasteiger partial charge in [-0.2, -0.15) is 0 Å². The Morgan fingerprint density at radius 2 is 1.89 bits per heavy atom. The van der Waals surface area contributed by atoms with Crippen LogP contribution in [-0.4, -0.2) is 19.7 Å². The summed E-state index contributed by atoms with van der Waals surface area (Å²) < 4.78 is 5.22. The molecule has 0 aliphatic heterocycles. The van der Waals surface area contributed by atoms with Gasteiger partial charge in [0.05, 0.1) is 7.11 Å². The van der Waals surface area contributed by atoms with E-state index >= 15 is 0 Å². The second kappa shape index (κ2) is 6.48. The van der Waals surface area contributed by atoms with Gasteiger partial charge in [0, 0.05) is 18.3 Å². The van der Waals surface area contributed by atoms with Crippen LogP contribution in [0.25, 0.3) is 0 Å². The predicted octanol–water partition coefficient (Wildman–Crippen LogP) is 4.02. The highest BCUT2D eigenvalue weighted by Gasteiger charge is 2.20. The quantitative estimate of drug-likeness (QED) is 0.726. The zero-order chi connectivity index (χ0) is 12.8. The maximum atomic E-state index is 5.22. The Balaban J connectivity index is 2.13. The van der Waals surface area contributed by atoms with Gasteiger partial charge in [0.15, 0.2) is 0 Å². The molecule has 2 heteroatoms. The van der Waals surface area contributed by atoms with Crippen molar-refractivity contribution < 1.29 is 4.74 Å². The van der Waals surface area contributed by atoms with Crippen molar-refractivity contribution in [3.63, 3.8) is 0 Å². The van der Waals surface area contributed by atoms with Crippen LogP contribution in [-0.2, 0) is 0 Å². The number of nitrogens with zero attached hydrogens (tertiary/aromatic N) is 1. The summed E-state index contributed by atoms with van der Waals surface area (Å²) in [5.74, 6) is 0.918. The first kappa shape index (κ1) is 13.0. The zero-order valence-electron chi connectivity index (χ0n) is 11.3. The van der Waals surface area contributed by atoms with Crippen molar-refractivity contribution in [2.24, 2.45) is 0 Å². The lowest BCUT2D eigenvalue weighted by Crippen LogP contribution is -2.36. The SMILES string of the molecule is C=CCN(c1ccc(OC)cc1)C1CCCCC1. The standard InChI is InChI=1S/C16H23NO/c1-3-13-17(14-7-5-4-6-8-14)15-9-11-16(18-2)12-10-15/h3,9-12,14H,1,4-8,13H2,2H3. The third-order valence-electron chi connectivity index (χ3n) is 3.75. The summed E-state index contributed by atoms with van der Waals surface area (Å²) in [6.07, 6.45) is 8.71. The third kappa shape index (κ3) is 3.06. The molecule has 0 spiro atoms. The van der Waals surface area contributed by atoms with Gasteiger partial charge < -0.3 is 9.64 Å². The number of methoxy groups -OCH3 is 1. The van der Waals surface area contributed by atoms with Crippen molar-refractivity contribution in [2.45, 2.75) is 38.1 Å². The lowest BCUT2D eigenvalue weighted by atomic mass is 9.93. The summed E-state index contributed by atoms with van der Waals surface area (Å²) in [5, 5.41) is 0. The van der Waals surface area contributed by atoms with Gasteiger partial charge in [-0.05, 0) is 37.1 Å². The van der Waals surface area contributed by atoms with E-state index < -0.39 is 0 Å². The second-order valence-electron chi connectivity index (χ2n) is 4.93. The van der Waals surface area contributed by atoms with E-state index in [9.17, 15) is 0 Å². The molecule has 1 aromatic rings. The van der Waals surface area contributed by atoms with Crippen LogP contribution in [0.4, 0.5) is 5.69 Å². The molecule has 0 radical (unpaired) electrons. The van der Waals surface area contributed by atoms with Gasteiger partial charge in [-0.15, -0.1) is 6.58 Å². The first-order valence-electron chi connectivity index (χ1n) is 6.86. The Morgan fingerprint density at radius 1 is 1.22 bits per heavy atom. The molecule has 2 rings (SSSR count). The van der Waals surface area contributed by atoms with Crippen LogP contribution >= 0.6 is 0 Å². The Labute approximate surface area is 110 Å². The summed E-state index contributed by atoms with van der Waals surface area (Å²) in [5.41, 5.74) is 1.28. The molecule has 1 fully saturated rings. The summed E-state index contributed by atoms with van der Waals surface area (Å²) >= 11 is 0. The predicted molar refractivity (Wildman–Crippen MR) is 77.4 cm³/mol. The molecule has 18 heavy (non-hydrogen) atoms. The fourth-order valence-electron chi connectivity index (χ4n) is 2.77. The Hall–Kier alpha value is -1.44. The molecular weight excluding hydrogens is 222 g/mol. The average Bonchev–Trinajstić information content (AvgIpc) is 2.46. The molecule has 0 bridgehead atoms. The summed E-state index contributed by atoms with van der Waals surface area (Å²) in [4.78, 5) is 2.48. The van der Waals surface area contributed by atoms with E-state index in [1.54, 1.807) is 7.11 Å². The molecular formula is C16H23NO. The normalized spacial score (nSPS) is 16.3. The minimum Gasteiger partial charge on any atom is -0.497 e. The van der Waals surface area contributed by atoms with Crippen molar-refractivity contribution in [1.29, 1.82) is 0 Å². The smallest absolute Gasteiger partial charge is 0.119 e. The Kier molecular flexibility index (Phi) is 4.68. The van der Waals surface area contributed by atoms with Crippen LogP contribution in [0.15, 0.2) is 36.9 Å². The van der Waals surface area contributed by atoms with Gasteiger partial charge in [0.25, 0.3) is 0 Å². The van der Waals surface area contributed by atoms with E-state index in [4.69, 9.17) is 4.74 Å². The molecule has 0 aromatic heterocycles. The maximum absolute atomic E-state index is 5.22. The number of benzene rings is 1. The molecule has 0 atom stereocenters. The highest BCUT2D eigenvalue weighted by Crippen LogP contribution is 2.28. The van der Waals surface area contributed by atoms with Crippen LogP contribution in [0.1, 0.15) is 32.1 Å². The van der Waals surface area contributed by atoms with E-state index in [0.29, 0.717) is 6.04 Å². The molecule has 1 aromatic carbocycles. The number of rotatable bonds is 5. The van der Waals surface area contributed by atoms with Gasteiger partial charge in [-0.3, -0.25) is 0 Å². The van der Waals surface area contributed by atoms with Crippen molar-refractivity contribution >= 4 is 5.69 Å². The fraction of sp³-hybridized carbons (Fsp3) is 0.500. The minimum atomic E-state index is 0.671. The molecule has 0 saturated heterocycles. The molecule has 0 amide bonds. The fourth-order valence-corrected chi connectivity index (χ4v) is 2.77. The topological polar surface area (TPSA) is 12.5 Å². The second-order valence-corrected chi connectivity index (χ2v) is 4.93. The van der Waals surface area contributed by atoms with E-state index in [2.05, 4.69) is 23.6 Å². The largest absolute Gasteiger partial charge is 0.497 e. The van der Waals surface area contributed by atoms with Crippen molar-refractivity contribution in [3.05, 3.63) is 36.9 Å². The molecule has 0 heterocycles. The minimum absolute atomic E-state index is 0.671. The highest BCUT2D eigenvalue weighted by atomic mass is 16.5. The maximum Gasteiger partial charge on any atom is 0.119 e. The highest BCUT2D eigenvalue weighted by molar-refractivity contribution is 5.50. The lowest BCUT2D eigenvalue weighted by Gasteiger charge is -2.35. The van der Waals surface area contributed by atoms with Crippen molar-refractivity contribution in [1.82, 2.24) is 0 Å². The van der Waals surface area contributed by atoms with Crippen molar-refractivity contribution in [2.75, 3.05) is 18.6 Å².